The van der Waals surface area contributed by atoms with Crippen molar-refractivity contribution in [2.75, 3.05) is 20.3 Å². The van der Waals surface area contributed by atoms with Gasteiger partial charge in [-0.15, -0.1) is 0 Å². The largest absolute Gasteiger partial charge is 0.493 e. The van der Waals surface area contributed by atoms with Gasteiger partial charge >= 0.3 is 0 Å². The quantitative estimate of drug-likeness (QED) is 0.884. The molecule has 1 aliphatic heterocycles. The van der Waals surface area contributed by atoms with Crippen LogP contribution >= 0.6 is 0 Å². The molecule has 4 nitrogen and oxygen atoms in total. The normalized spacial score (nSPS) is 21.9. The molecule has 0 atom stereocenters. The van der Waals surface area contributed by atoms with Gasteiger partial charge in [0.1, 0.15) is 6.10 Å². The van der Waals surface area contributed by atoms with E-state index in [2.05, 4.69) is 6.07 Å². The van der Waals surface area contributed by atoms with E-state index in [0.717, 1.165) is 29.9 Å². The summed E-state index contributed by atoms with van der Waals surface area (Å²) in [5.41, 5.74) is 7.24. The average molecular weight is 249 g/mol. The summed E-state index contributed by atoms with van der Waals surface area (Å²) < 4.78 is 16.5. The van der Waals surface area contributed by atoms with E-state index in [-0.39, 0.29) is 11.6 Å². The second kappa shape index (κ2) is 4.44. The molecule has 2 fully saturated rings. The molecule has 3 rings (SSSR count). The summed E-state index contributed by atoms with van der Waals surface area (Å²) >= 11 is 0. The molecule has 0 amide bonds. The van der Waals surface area contributed by atoms with E-state index in [1.807, 2.05) is 12.1 Å². The standard InChI is InChI=1S/C14H19NO3/c1-16-12-5-2-4-11(14(15)6-3-7-14)13(12)18-10-8-17-9-10/h2,4-5,10H,3,6-9,15H2,1H3. The van der Waals surface area contributed by atoms with Crippen LogP contribution in [0.25, 0.3) is 0 Å². The fourth-order valence-electron chi connectivity index (χ4n) is 2.47. The molecule has 1 saturated heterocycles. The number of ether oxygens (including phenoxy) is 3. The zero-order valence-electron chi connectivity index (χ0n) is 10.6. The van der Waals surface area contributed by atoms with Crippen LogP contribution in [0.5, 0.6) is 11.5 Å². The highest BCUT2D eigenvalue weighted by molar-refractivity contribution is 5.50. The van der Waals surface area contributed by atoms with Crippen molar-refractivity contribution in [2.45, 2.75) is 30.9 Å². The number of para-hydroxylation sites is 1. The fraction of sp³-hybridized carbons (Fsp3) is 0.571. The number of hydrogen-bond acceptors (Lipinski definition) is 4. The van der Waals surface area contributed by atoms with Crippen molar-refractivity contribution in [1.82, 2.24) is 0 Å². The number of benzene rings is 1. The van der Waals surface area contributed by atoms with E-state index in [1.54, 1.807) is 7.11 Å². The zero-order valence-corrected chi connectivity index (χ0v) is 10.6. The second-order valence-corrected chi connectivity index (χ2v) is 5.12. The Morgan fingerprint density at radius 3 is 2.61 bits per heavy atom. The first-order valence-electron chi connectivity index (χ1n) is 6.44. The van der Waals surface area contributed by atoms with E-state index < -0.39 is 0 Å². The minimum Gasteiger partial charge on any atom is -0.493 e. The van der Waals surface area contributed by atoms with Crippen LogP contribution in [0.2, 0.25) is 0 Å². The lowest BCUT2D eigenvalue weighted by atomic mass is 9.72. The molecular formula is C14H19NO3. The lowest BCUT2D eigenvalue weighted by Crippen LogP contribution is -2.45. The first-order valence-corrected chi connectivity index (χ1v) is 6.44. The average Bonchev–Trinajstić information content (AvgIpc) is 2.30. The second-order valence-electron chi connectivity index (χ2n) is 5.12. The van der Waals surface area contributed by atoms with E-state index >= 15 is 0 Å². The summed E-state index contributed by atoms with van der Waals surface area (Å²) in [6.07, 6.45) is 3.33. The van der Waals surface area contributed by atoms with Crippen molar-refractivity contribution < 1.29 is 14.2 Å². The highest BCUT2D eigenvalue weighted by atomic mass is 16.6. The molecule has 0 bridgehead atoms. The lowest BCUT2D eigenvalue weighted by molar-refractivity contribution is -0.0812. The first-order chi connectivity index (χ1) is 8.73. The molecule has 1 aromatic rings. The number of nitrogens with two attached hydrogens (primary N) is 1. The van der Waals surface area contributed by atoms with Crippen molar-refractivity contribution >= 4 is 0 Å². The van der Waals surface area contributed by atoms with Crippen molar-refractivity contribution in [1.29, 1.82) is 0 Å². The van der Waals surface area contributed by atoms with Gasteiger partial charge in [-0.3, -0.25) is 0 Å². The van der Waals surface area contributed by atoms with Crippen LogP contribution < -0.4 is 15.2 Å². The summed E-state index contributed by atoms with van der Waals surface area (Å²) in [4.78, 5) is 0. The molecule has 1 heterocycles. The Hall–Kier alpha value is -1.26. The highest BCUT2D eigenvalue weighted by Gasteiger charge is 2.38. The number of methoxy groups -OCH3 is 1. The van der Waals surface area contributed by atoms with Crippen LogP contribution in [-0.2, 0) is 10.3 Å². The van der Waals surface area contributed by atoms with Crippen molar-refractivity contribution in [2.24, 2.45) is 5.73 Å². The molecule has 18 heavy (non-hydrogen) atoms. The Bertz CT molecular complexity index is 439. The predicted molar refractivity (Wildman–Crippen MR) is 67.9 cm³/mol. The molecule has 4 heteroatoms. The van der Waals surface area contributed by atoms with E-state index in [0.29, 0.717) is 13.2 Å². The number of hydrogen-bond donors (Lipinski definition) is 1. The van der Waals surface area contributed by atoms with Gasteiger partial charge in [0.15, 0.2) is 11.5 Å². The van der Waals surface area contributed by atoms with Gasteiger partial charge in [-0.05, 0) is 25.3 Å². The van der Waals surface area contributed by atoms with Crippen LogP contribution in [0.3, 0.4) is 0 Å². The topological polar surface area (TPSA) is 53.7 Å². The molecule has 0 aromatic heterocycles. The van der Waals surface area contributed by atoms with Crippen molar-refractivity contribution in [3.8, 4) is 11.5 Å². The maximum absolute atomic E-state index is 6.42. The van der Waals surface area contributed by atoms with Crippen molar-refractivity contribution in [3.63, 3.8) is 0 Å². The molecule has 1 saturated carbocycles. The minimum atomic E-state index is -0.242. The Balaban J connectivity index is 1.95. The third-order valence-electron chi connectivity index (χ3n) is 3.87. The maximum atomic E-state index is 6.42. The van der Waals surface area contributed by atoms with E-state index in [1.165, 1.54) is 6.42 Å². The lowest BCUT2D eigenvalue weighted by Gasteiger charge is -2.40. The van der Waals surface area contributed by atoms with Gasteiger partial charge in [-0.2, -0.15) is 0 Å². The molecular weight excluding hydrogens is 230 g/mol. The third-order valence-corrected chi connectivity index (χ3v) is 3.87. The van der Waals surface area contributed by atoms with Crippen LogP contribution in [0.15, 0.2) is 18.2 Å². The monoisotopic (exact) mass is 249 g/mol. The van der Waals surface area contributed by atoms with Crippen LogP contribution in [0.4, 0.5) is 0 Å². The summed E-state index contributed by atoms with van der Waals surface area (Å²) in [5.74, 6) is 1.56. The highest BCUT2D eigenvalue weighted by Crippen LogP contribution is 2.46. The van der Waals surface area contributed by atoms with Gasteiger partial charge in [-0.1, -0.05) is 12.1 Å². The third kappa shape index (κ3) is 1.85. The van der Waals surface area contributed by atoms with Gasteiger partial charge in [0, 0.05) is 11.1 Å². The Labute approximate surface area is 107 Å². The van der Waals surface area contributed by atoms with Crippen LogP contribution in [0, 0.1) is 0 Å². The molecule has 2 N–H and O–H groups in total. The zero-order chi connectivity index (χ0) is 12.6. The Morgan fingerprint density at radius 2 is 2.11 bits per heavy atom. The SMILES string of the molecule is COc1cccc(C2(N)CCC2)c1OC1COC1. The molecule has 2 aliphatic rings. The molecule has 98 valence electrons. The van der Waals surface area contributed by atoms with Gasteiger partial charge in [-0.25, -0.2) is 0 Å². The van der Waals surface area contributed by atoms with Gasteiger partial charge in [0.2, 0.25) is 0 Å². The van der Waals surface area contributed by atoms with E-state index in [9.17, 15) is 0 Å². The Kier molecular flexibility index (Phi) is 2.92. The predicted octanol–water partition coefficient (Wildman–Crippen LogP) is 1.81. The molecule has 0 spiro atoms. The van der Waals surface area contributed by atoms with E-state index in [4.69, 9.17) is 19.9 Å². The maximum Gasteiger partial charge on any atom is 0.166 e. The molecule has 0 unspecified atom stereocenters. The van der Waals surface area contributed by atoms with Crippen LogP contribution in [0.1, 0.15) is 24.8 Å². The Morgan fingerprint density at radius 1 is 1.33 bits per heavy atom. The fourth-order valence-corrected chi connectivity index (χ4v) is 2.47. The molecule has 1 aromatic carbocycles. The molecule has 0 radical (unpaired) electrons. The summed E-state index contributed by atoms with van der Waals surface area (Å²) in [6, 6.07) is 5.95. The van der Waals surface area contributed by atoms with Crippen molar-refractivity contribution in [3.05, 3.63) is 23.8 Å². The summed E-state index contributed by atoms with van der Waals surface area (Å²) in [5, 5.41) is 0. The van der Waals surface area contributed by atoms with Gasteiger partial charge < -0.3 is 19.9 Å². The smallest absolute Gasteiger partial charge is 0.166 e. The number of rotatable bonds is 4. The summed E-state index contributed by atoms with van der Waals surface area (Å²) in [6.45, 7) is 1.30. The van der Waals surface area contributed by atoms with Gasteiger partial charge in [0.05, 0.1) is 20.3 Å². The minimum absolute atomic E-state index is 0.128. The molecule has 1 aliphatic carbocycles. The summed E-state index contributed by atoms with van der Waals surface area (Å²) in [7, 11) is 1.66. The van der Waals surface area contributed by atoms with Crippen LogP contribution in [-0.4, -0.2) is 26.4 Å². The van der Waals surface area contributed by atoms with Gasteiger partial charge in [0.25, 0.3) is 0 Å². The first kappa shape index (κ1) is 11.8.